The summed E-state index contributed by atoms with van der Waals surface area (Å²) >= 11 is 6.71. The molecule has 2 aromatic carbocycles. The van der Waals surface area contributed by atoms with Crippen LogP contribution in [0.1, 0.15) is 22.2 Å². The van der Waals surface area contributed by atoms with E-state index in [4.69, 9.17) is 23.1 Å². The molecule has 1 heterocycles. The van der Waals surface area contributed by atoms with Gasteiger partial charge in [-0.05, 0) is 49.4 Å². The lowest BCUT2D eigenvalue weighted by Gasteiger charge is -2.27. The standard InChI is InChI=1S/C21H16ClF5N4O4S/c1-9(18(29)33)31(11-4-7-14(13(22)8-11)35-21(25,26)27)20-30-17(28)16(36-20)15(32)10-2-5-12(6-3-10)34-19(23)24/h2-9,19H,28H2,1H3,(H2,29,33). The number of alkyl halides is 5. The molecule has 8 nitrogen and oxygen atoms in total. The maximum Gasteiger partial charge on any atom is 0.573 e. The minimum Gasteiger partial charge on any atom is -0.435 e. The molecule has 0 radical (unpaired) electrons. The highest BCUT2D eigenvalue weighted by molar-refractivity contribution is 7.18. The highest BCUT2D eigenvalue weighted by Gasteiger charge is 2.33. The van der Waals surface area contributed by atoms with Crippen molar-refractivity contribution < 1.29 is 41.0 Å². The first-order chi connectivity index (χ1) is 16.8. The van der Waals surface area contributed by atoms with Crippen molar-refractivity contribution in [3.63, 3.8) is 0 Å². The number of primary amides is 1. The Labute approximate surface area is 209 Å². The van der Waals surface area contributed by atoms with Gasteiger partial charge in [0.1, 0.15) is 28.2 Å². The van der Waals surface area contributed by atoms with E-state index < -0.39 is 41.5 Å². The Hall–Kier alpha value is -3.65. The summed E-state index contributed by atoms with van der Waals surface area (Å²) in [7, 11) is 0. The van der Waals surface area contributed by atoms with Gasteiger partial charge in [-0.25, -0.2) is 4.98 Å². The minimum absolute atomic E-state index is 0.0142. The quantitative estimate of drug-likeness (QED) is 0.280. The zero-order chi connectivity index (χ0) is 26.8. The summed E-state index contributed by atoms with van der Waals surface area (Å²) in [6, 6.07) is 6.99. The predicted molar refractivity (Wildman–Crippen MR) is 122 cm³/mol. The fourth-order valence-corrected chi connectivity index (χ4v) is 4.24. The smallest absolute Gasteiger partial charge is 0.435 e. The molecule has 192 valence electrons. The summed E-state index contributed by atoms with van der Waals surface area (Å²) in [5.41, 5.74) is 11.6. The van der Waals surface area contributed by atoms with Crippen molar-refractivity contribution in [1.29, 1.82) is 0 Å². The van der Waals surface area contributed by atoms with Crippen LogP contribution in [0.15, 0.2) is 42.5 Å². The van der Waals surface area contributed by atoms with Crippen LogP contribution in [0.4, 0.5) is 38.6 Å². The molecular weight excluding hydrogens is 535 g/mol. The molecule has 1 aromatic heterocycles. The molecule has 0 fully saturated rings. The number of anilines is 3. The van der Waals surface area contributed by atoms with Crippen molar-refractivity contribution in [2.45, 2.75) is 25.9 Å². The highest BCUT2D eigenvalue weighted by Crippen LogP contribution is 2.39. The van der Waals surface area contributed by atoms with Gasteiger partial charge in [0, 0.05) is 11.3 Å². The summed E-state index contributed by atoms with van der Waals surface area (Å²) in [5.74, 6) is -2.46. The van der Waals surface area contributed by atoms with E-state index in [-0.39, 0.29) is 32.8 Å². The molecule has 0 bridgehead atoms. The number of rotatable bonds is 9. The first-order valence-electron chi connectivity index (χ1n) is 9.76. The summed E-state index contributed by atoms with van der Waals surface area (Å²) in [5, 5.41) is -0.404. The van der Waals surface area contributed by atoms with E-state index in [0.29, 0.717) is 0 Å². The zero-order valence-electron chi connectivity index (χ0n) is 18.1. The summed E-state index contributed by atoms with van der Waals surface area (Å²) in [4.78, 5) is 30.2. The largest absolute Gasteiger partial charge is 0.573 e. The lowest BCUT2D eigenvalue weighted by molar-refractivity contribution is -0.274. The number of ketones is 1. The van der Waals surface area contributed by atoms with Crippen molar-refractivity contribution in [2.24, 2.45) is 5.73 Å². The summed E-state index contributed by atoms with van der Waals surface area (Å²) in [6.45, 7) is -1.64. The van der Waals surface area contributed by atoms with Crippen LogP contribution in [0.2, 0.25) is 5.02 Å². The molecule has 0 saturated heterocycles. The van der Waals surface area contributed by atoms with Crippen molar-refractivity contribution in [3.8, 4) is 11.5 Å². The van der Waals surface area contributed by atoms with Gasteiger partial charge < -0.3 is 25.8 Å². The Bertz CT molecular complexity index is 1270. The molecule has 3 rings (SSSR count). The van der Waals surface area contributed by atoms with Gasteiger partial charge in [-0.2, -0.15) is 8.78 Å². The monoisotopic (exact) mass is 550 g/mol. The van der Waals surface area contributed by atoms with E-state index >= 15 is 0 Å². The molecule has 1 amide bonds. The Morgan fingerprint density at radius 3 is 2.31 bits per heavy atom. The second kappa shape index (κ2) is 10.5. The first kappa shape index (κ1) is 26.9. The third kappa shape index (κ3) is 6.31. The predicted octanol–water partition coefficient (Wildman–Crippen LogP) is 5.12. The number of nitrogens with zero attached hydrogens (tertiary/aromatic N) is 2. The van der Waals surface area contributed by atoms with Crippen LogP contribution in [0.25, 0.3) is 0 Å². The van der Waals surface area contributed by atoms with Crippen LogP contribution in [0, 0.1) is 0 Å². The van der Waals surface area contributed by atoms with Crippen molar-refractivity contribution >= 4 is 51.3 Å². The van der Waals surface area contributed by atoms with Gasteiger partial charge in [0.15, 0.2) is 5.13 Å². The average Bonchev–Trinajstić information content (AvgIpc) is 3.15. The molecule has 36 heavy (non-hydrogen) atoms. The number of halogens is 6. The molecule has 0 spiro atoms. The minimum atomic E-state index is -4.98. The van der Waals surface area contributed by atoms with Gasteiger partial charge in [-0.1, -0.05) is 22.9 Å². The third-order valence-electron chi connectivity index (χ3n) is 4.61. The number of hydrogen-bond acceptors (Lipinski definition) is 8. The molecule has 15 heteroatoms. The lowest BCUT2D eigenvalue weighted by atomic mass is 10.1. The van der Waals surface area contributed by atoms with Crippen LogP contribution in [0.3, 0.4) is 0 Å². The lowest BCUT2D eigenvalue weighted by Crippen LogP contribution is -2.40. The van der Waals surface area contributed by atoms with Crippen LogP contribution < -0.4 is 25.8 Å². The Balaban J connectivity index is 1.97. The number of carbonyl (C=O) groups is 2. The molecule has 1 unspecified atom stereocenters. The molecule has 0 aliphatic rings. The van der Waals surface area contributed by atoms with E-state index in [1.807, 2.05) is 0 Å². The van der Waals surface area contributed by atoms with Gasteiger partial charge in [-0.3, -0.25) is 9.59 Å². The number of nitrogens with two attached hydrogens (primary N) is 2. The van der Waals surface area contributed by atoms with Crippen molar-refractivity contribution in [1.82, 2.24) is 4.98 Å². The Morgan fingerprint density at radius 2 is 1.78 bits per heavy atom. The molecule has 1 atom stereocenters. The zero-order valence-corrected chi connectivity index (χ0v) is 19.6. The van der Waals surface area contributed by atoms with Crippen LogP contribution in [-0.4, -0.2) is 35.7 Å². The van der Waals surface area contributed by atoms with Crippen molar-refractivity contribution in [2.75, 3.05) is 10.6 Å². The molecule has 0 aliphatic carbocycles. The van der Waals surface area contributed by atoms with Gasteiger partial charge in [0.05, 0.1) is 5.02 Å². The fourth-order valence-electron chi connectivity index (χ4n) is 2.98. The number of benzene rings is 2. The van der Waals surface area contributed by atoms with Crippen LogP contribution >= 0.6 is 22.9 Å². The SMILES string of the molecule is CC(C(N)=O)N(c1ccc(OC(F)(F)F)c(Cl)c1)c1nc(N)c(C(=O)c2ccc(OC(F)F)cc2)s1. The van der Waals surface area contributed by atoms with Crippen LogP contribution in [-0.2, 0) is 4.79 Å². The van der Waals surface area contributed by atoms with Gasteiger partial charge >= 0.3 is 13.0 Å². The number of hydrogen-bond donors (Lipinski definition) is 2. The second-order valence-electron chi connectivity index (χ2n) is 7.05. The number of amides is 1. The maximum atomic E-state index is 13.0. The normalized spacial score (nSPS) is 12.3. The molecule has 4 N–H and O–H groups in total. The van der Waals surface area contributed by atoms with Gasteiger partial charge in [-0.15, -0.1) is 13.2 Å². The van der Waals surface area contributed by atoms with E-state index in [0.717, 1.165) is 23.5 Å². The summed E-state index contributed by atoms with van der Waals surface area (Å²) < 4.78 is 70.5. The number of aromatic nitrogens is 1. The van der Waals surface area contributed by atoms with E-state index in [2.05, 4.69) is 14.5 Å². The Morgan fingerprint density at radius 1 is 1.14 bits per heavy atom. The first-order valence-corrected chi connectivity index (χ1v) is 11.0. The highest BCUT2D eigenvalue weighted by atomic mass is 35.5. The molecule has 0 saturated carbocycles. The van der Waals surface area contributed by atoms with Crippen LogP contribution in [0.5, 0.6) is 11.5 Å². The van der Waals surface area contributed by atoms with E-state index in [1.54, 1.807) is 0 Å². The fraction of sp³-hybridized carbons (Fsp3) is 0.190. The van der Waals surface area contributed by atoms with Gasteiger partial charge in [0.2, 0.25) is 11.7 Å². The number of ether oxygens (including phenoxy) is 2. The number of nitrogen functional groups attached to an aromatic ring is 1. The number of thiazole rings is 1. The van der Waals surface area contributed by atoms with E-state index in [1.165, 1.54) is 42.2 Å². The average molecular weight is 551 g/mol. The van der Waals surface area contributed by atoms with Crippen molar-refractivity contribution in [3.05, 3.63) is 57.9 Å². The molecule has 3 aromatic rings. The number of carbonyl (C=O) groups excluding carboxylic acids is 2. The topological polar surface area (TPSA) is 121 Å². The maximum absolute atomic E-state index is 13.0. The van der Waals surface area contributed by atoms with Gasteiger partial charge in [0.25, 0.3) is 0 Å². The van der Waals surface area contributed by atoms with E-state index in [9.17, 15) is 31.5 Å². The Kier molecular flexibility index (Phi) is 7.89. The molecule has 0 aliphatic heterocycles. The molecular formula is C21H16ClF5N4O4S. The second-order valence-corrected chi connectivity index (χ2v) is 8.44. The summed E-state index contributed by atoms with van der Waals surface area (Å²) in [6.07, 6.45) is -4.98. The third-order valence-corrected chi connectivity index (χ3v) is 5.98.